The van der Waals surface area contributed by atoms with Gasteiger partial charge in [-0.2, -0.15) is 0 Å². The molecule has 0 radical (unpaired) electrons. The van der Waals surface area contributed by atoms with E-state index in [2.05, 4.69) is 22.8 Å². The molecular weight excluding hydrogens is 302 g/mol. The zero-order chi connectivity index (χ0) is 16.7. The van der Waals surface area contributed by atoms with Crippen LogP contribution in [-0.4, -0.2) is 22.8 Å². The second kappa shape index (κ2) is 5.71. The Kier molecular flexibility index (Phi) is 3.53. The molecule has 1 heterocycles. The lowest BCUT2D eigenvalue weighted by Gasteiger charge is -2.11. The maximum Gasteiger partial charge on any atom is 0.311 e. The predicted octanol–water partition coefficient (Wildman–Crippen LogP) is 3.81. The molecule has 1 aliphatic rings. The molecule has 1 aliphatic carbocycles. The van der Waals surface area contributed by atoms with Crippen molar-refractivity contribution in [3.8, 4) is 5.75 Å². The van der Waals surface area contributed by atoms with E-state index in [9.17, 15) is 9.90 Å². The summed E-state index contributed by atoms with van der Waals surface area (Å²) in [6.07, 6.45) is 1.44. The molecule has 0 spiro atoms. The van der Waals surface area contributed by atoms with Crippen LogP contribution in [0, 0.1) is 0 Å². The van der Waals surface area contributed by atoms with Gasteiger partial charge in [-0.15, -0.1) is 0 Å². The van der Waals surface area contributed by atoms with E-state index in [1.165, 1.54) is 5.56 Å². The van der Waals surface area contributed by atoms with Gasteiger partial charge < -0.3 is 14.4 Å². The molecule has 1 aromatic heterocycles. The summed E-state index contributed by atoms with van der Waals surface area (Å²) in [6, 6.07) is 16.2. The van der Waals surface area contributed by atoms with E-state index in [4.69, 9.17) is 4.74 Å². The fourth-order valence-electron chi connectivity index (χ4n) is 3.88. The number of nitrogens with zero attached hydrogens (tertiary/aromatic N) is 1. The highest BCUT2D eigenvalue weighted by atomic mass is 16.5. The van der Waals surface area contributed by atoms with Gasteiger partial charge in [-0.1, -0.05) is 36.4 Å². The molecule has 0 amide bonds. The highest BCUT2D eigenvalue weighted by Crippen LogP contribution is 2.44. The normalized spacial score (nSPS) is 16.3. The highest BCUT2D eigenvalue weighted by molar-refractivity contribution is 5.96. The van der Waals surface area contributed by atoms with Gasteiger partial charge in [0.15, 0.2) is 0 Å². The van der Waals surface area contributed by atoms with Gasteiger partial charge in [0.2, 0.25) is 0 Å². The fourth-order valence-corrected chi connectivity index (χ4v) is 3.88. The van der Waals surface area contributed by atoms with Gasteiger partial charge >= 0.3 is 5.97 Å². The minimum absolute atomic E-state index is 0.448. The quantitative estimate of drug-likeness (QED) is 0.795. The zero-order valence-electron chi connectivity index (χ0n) is 13.5. The number of hydrogen-bond donors (Lipinski definition) is 1. The Hall–Kier alpha value is -2.75. The van der Waals surface area contributed by atoms with Crippen LogP contribution in [0.25, 0.3) is 10.9 Å². The minimum atomic E-state index is -0.751. The van der Waals surface area contributed by atoms with Gasteiger partial charge in [0.25, 0.3) is 0 Å². The van der Waals surface area contributed by atoms with Crippen LogP contribution in [0.5, 0.6) is 5.75 Å². The van der Waals surface area contributed by atoms with E-state index < -0.39 is 11.9 Å². The summed E-state index contributed by atoms with van der Waals surface area (Å²) in [5.74, 6) is -0.446. The molecular formula is C20H19NO3. The van der Waals surface area contributed by atoms with Crippen LogP contribution in [0.1, 0.15) is 29.2 Å². The largest absolute Gasteiger partial charge is 0.496 e. The first-order chi connectivity index (χ1) is 11.7. The number of benzene rings is 2. The van der Waals surface area contributed by atoms with Crippen molar-refractivity contribution in [3.05, 3.63) is 65.4 Å². The summed E-state index contributed by atoms with van der Waals surface area (Å²) >= 11 is 0. The van der Waals surface area contributed by atoms with E-state index in [1.54, 1.807) is 7.11 Å². The summed E-state index contributed by atoms with van der Waals surface area (Å²) in [4.78, 5) is 11.7. The third-order valence-corrected chi connectivity index (χ3v) is 4.92. The van der Waals surface area contributed by atoms with Crippen LogP contribution in [0.4, 0.5) is 0 Å². The molecule has 0 fully saturated rings. The number of aliphatic carboxylic acids is 1. The van der Waals surface area contributed by atoms with E-state index in [-0.39, 0.29) is 0 Å². The van der Waals surface area contributed by atoms with Crippen molar-refractivity contribution in [2.75, 3.05) is 7.11 Å². The van der Waals surface area contributed by atoms with E-state index in [0.717, 1.165) is 40.9 Å². The number of rotatable bonds is 4. The number of fused-ring (bicyclic) bond motifs is 3. The molecule has 1 atom stereocenters. The van der Waals surface area contributed by atoms with Gasteiger partial charge in [-0.3, -0.25) is 4.79 Å². The van der Waals surface area contributed by atoms with Gasteiger partial charge in [0.05, 0.1) is 18.5 Å². The molecule has 0 aliphatic heterocycles. The number of carbonyl (C=O) groups is 1. The van der Waals surface area contributed by atoms with E-state index in [0.29, 0.717) is 6.42 Å². The zero-order valence-corrected chi connectivity index (χ0v) is 13.5. The summed E-state index contributed by atoms with van der Waals surface area (Å²) in [5.41, 5.74) is 4.32. The lowest BCUT2D eigenvalue weighted by molar-refractivity contribution is -0.138. The summed E-state index contributed by atoms with van der Waals surface area (Å²) in [6.45, 7) is 0.742. The van der Waals surface area contributed by atoms with Crippen LogP contribution in [0.2, 0.25) is 0 Å². The van der Waals surface area contributed by atoms with Crippen molar-refractivity contribution in [2.45, 2.75) is 25.3 Å². The smallest absolute Gasteiger partial charge is 0.311 e. The standard InChI is InChI=1S/C20H19NO3/c1-24-17-9-5-8-15-19(17)18-14(20(22)23)10-11-16(18)21(15)12-13-6-3-2-4-7-13/h2-9,14H,10-12H2,1H3,(H,22,23). The SMILES string of the molecule is COc1cccc2c1c1c(n2Cc2ccccc2)CCC1C(=O)O. The van der Waals surface area contributed by atoms with Gasteiger partial charge in [-0.25, -0.2) is 0 Å². The molecule has 1 unspecified atom stereocenters. The number of hydrogen-bond acceptors (Lipinski definition) is 2. The molecule has 0 bridgehead atoms. The Labute approximate surface area is 140 Å². The van der Waals surface area contributed by atoms with Crippen molar-refractivity contribution in [1.82, 2.24) is 4.57 Å². The van der Waals surface area contributed by atoms with Crippen molar-refractivity contribution < 1.29 is 14.6 Å². The van der Waals surface area contributed by atoms with Crippen LogP contribution in [-0.2, 0) is 17.8 Å². The fraction of sp³-hybridized carbons (Fsp3) is 0.250. The summed E-state index contributed by atoms with van der Waals surface area (Å²) in [5, 5.41) is 10.6. The molecule has 24 heavy (non-hydrogen) atoms. The highest BCUT2D eigenvalue weighted by Gasteiger charge is 2.35. The number of carboxylic acid groups (broad SMARTS) is 1. The molecule has 122 valence electrons. The molecule has 0 saturated carbocycles. The Morgan fingerprint density at radius 2 is 2.00 bits per heavy atom. The maximum absolute atomic E-state index is 11.7. The topological polar surface area (TPSA) is 51.5 Å². The molecule has 4 heteroatoms. The van der Waals surface area contributed by atoms with Crippen molar-refractivity contribution in [3.63, 3.8) is 0 Å². The first kappa shape index (κ1) is 14.8. The summed E-state index contributed by atoms with van der Waals surface area (Å²) in [7, 11) is 1.64. The second-order valence-corrected chi connectivity index (χ2v) is 6.22. The number of methoxy groups -OCH3 is 1. The van der Waals surface area contributed by atoms with Crippen LogP contribution >= 0.6 is 0 Å². The monoisotopic (exact) mass is 321 g/mol. The average Bonchev–Trinajstić information content (AvgIpc) is 3.15. The van der Waals surface area contributed by atoms with Gasteiger partial charge in [0.1, 0.15) is 5.75 Å². The third-order valence-electron chi connectivity index (χ3n) is 4.92. The molecule has 1 N–H and O–H groups in total. The molecule has 4 nitrogen and oxygen atoms in total. The Balaban J connectivity index is 1.96. The van der Waals surface area contributed by atoms with E-state index in [1.807, 2.05) is 30.3 Å². The van der Waals surface area contributed by atoms with Crippen molar-refractivity contribution in [2.24, 2.45) is 0 Å². The average molecular weight is 321 g/mol. The Morgan fingerprint density at radius 1 is 1.21 bits per heavy atom. The van der Waals surface area contributed by atoms with Crippen LogP contribution < -0.4 is 4.74 Å². The molecule has 0 saturated heterocycles. The van der Waals surface area contributed by atoms with Crippen LogP contribution in [0.3, 0.4) is 0 Å². The van der Waals surface area contributed by atoms with Crippen LogP contribution in [0.15, 0.2) is 48.5 Å². The van der Waals surface area contributed by atoms with Gasteiger partial charge in [0, 0.05) is 17.6 Å². The lowest BCUT2D eigenvalue weighted by atomic mass is 10.00. The lowest BCUT2D eigenvalue weighted by Crippen LogP contribution is -2.07. The minimum Gasteiger partial charge on any atom is -0.496 e. The van der Waals surface area contributed by atoms with Crippen molar-refractivity contribution in [1.29, 1.82) is 0 Å². The number of aromatic nitrogens is 1. The first-order valence-electron chi connectivity index (χ1n) is 8.15. The van der Waals surface area contributed by atoms with E-state index >= 15 is 0 Å². The maximum atomic E-state index is 11.7. The third kappa shape index (κ3) is 2.18. The number of carboxylic acids is 1. The second-order valence-electron chi connectivity index (χ2n) is 6.22. The Morgan fingerprint density at radius 3 is 2.71 bits per heavy atom. The molecule has 4 rings (SSSR count). The first-order valence-corrected chi connectivity index (χ1v) is 8.15. The molecule has 2 aromatic carbocycles. The molecule has 3 aromatic rings. The summed E-state index contributed by atoms with van der Waals surface area (Å²) < 4.78 is 7.79. The van der Waals surface area contributed by atoms with Crippen molar-refractivity contribution >= 4 is 16.9 Å². The number of ether oxygens (including phenoxy) is 1. The Bertz CT molecular complexity index is 912. The predicted molar refractivity (Wildman–Crippen MR) is 92.7 cm³/mol. The van der Waals surface area contributed by atoms with Gasteiger partial charge in [-0.05, 0) is 36.1 Å².